The summed E-state index contributed by atoms with van der Waals surface area (Å²) in [6, 6.07) is 11.5. The minimum atomic E-state index is -0.240. The molecule has 22 heavy (non-hydrogen) atoms. The number of amides is 1. The number of aromatic nitrogens is 1. The first-order valence-electron chi connectivity index (χ1n) is 7.55. The molecule has 3 nitrogen and oxygen atoms in total. The Morgan fingerprint density at radius 3 is 2.59 bits per heavy atom. The van der Waals surface area contributed by atoms with Crippen LogP contribution in [0.25, 0.3) is 0 Å². The van der Waals surface area contributed by atoms with Crippen LogP contribution in [0.3, 0.4) is 0 Å². The van der Waals surface area contributed by atoms with E-state index in [1.807, 2.05) is 43.3 Å². The summed E-state index contributed by atoms with van der Waals surface area (Å²) < 4.78 is 0. The zero-order valence-corrected chi connectivity index (χ0v) is 13.7. The maximum Gasteiger partial charge on any atom is 0.228 e. The predicted octanol–water partition coefficient (Wildman–Crippen LogP) is 3.98. The third-order valence-electron chi connectivity index (χ3n) is 3.75. The standard InChI is InChI=1S/C18H21ClN2O/c1-3-13(2)21-18(22)17(11-14-5-4-10-20-12-14)15-6-8-16(19)9-7-15/h4-10,12-13,17H,3,11H2,1-2H3,(H,21,22). The summed E-state index contributed by atoms with van der Waals surface area (Å²) in [6.07, 6.45) is 5.07. The maximum absolute atomic E-state index is 12.6. The topological polar surface area (TPSA) is 42.0 Å². The molecule has 1 N–H and O–H groups in total. The summed E-state index contributed by atoms with van der Waals surface area (Å²) in [5.41, 5.74) is 2.01. The molecule has 0 radical (unpaired) electrons. The van der Waals surface area contributed by atoms with Gasteiger partial charge in [0.25, 0.3) is 0 Å². The Bertz CT molecular complexity index is 598. The van der Waals surface area contributed by atoms with Crippen molar-refractivity contribution in [2.45, 2.75) is 38.6 Å². The van der Waals surface area contributed by atoms with Gasteiger partial charge < -0.3 is 5.32 Å². The van der Waals surface area contributed by atoms with Crippen LogP contribution in [-0.4, -0.2) is 16.9 Å². The van der Waals surface area contributed by atoms with Crippen LogP contribution in [0.5, 0.6) is 0 Å². The number of nitrogens with zero attached hydrogens (tertiary/aromatic N) is 1. The molecular formula is C18H21ClN2O. The van der Waals surface area contributed by atoms with Crippen LogP contribution in [0, 0.1) is 0 Å². The summed E-state index contributed by atoms with van der Waals surface area (Å²) in [6.45, 7) is 4.07. The van der Waals surface area contributed by atoms with Crippen molar-refractivity contribution in [3.8, 4) is 0 Å². The van der Waals surface area contributed by atoms with E-state index >= 15 is 0 Å². The molecule has 1 heterocycles. The molecular weight excluding hydrogens is 296 g/mol. The summed E-state index contributed by atoms with van der Waals surface area (Å²) in [5.74, 6) is -0.198. The van der Waals surface area contributed by atoms with E-state index in [1.165, 1.54) is 0 Å². The molecule has 0 aliphatic rings. The fourth-order valence-corrected chi connectivity index (χ4v) is 2.38. The quantitative estimate of drug-likeness (QED) is 0.876. The van der Waals surface area contributed by atoms with Crippen molar-refractivity contribution in [1.82, 2.24) is 10.3 Å². The Hall–Kier alpha value is -1.87. The Balaban J connectivity index is 2.23. The van der Waals surface area contributed by atoms with Crippen LogP contribution in [0.4, 0.5) is 0 Å². The number of benzene rings is 1. The molecule has 0 aliphatic heterocycles. The molecule has 1 amide bonds. The maximum atomic E-state index is 12.6. The highest BCUT2D eigenvalue weighted by atomic mass is 35.5. The van der Waals surface area contributed by atoms with Gasteiger partial charge >= 0.3 is 0 Å². The van der Waals surface area contributed by atoms with Gasteiger partial charge in [0.2, 0.25) is 5.91 Å². The molecule has 4 heteroatoms. The summed E-state index contributed by atoms with van der Waals surface area (Å²) in [4.78, 5) is 16.8. The number of halogens is 1. The molecule has 116 valence electrons. The van der Waals surface area contributed by atoms with E-state index < -0.39 is 0 Å². The van der Waals surface area contributed by atoms with Crippen molar-refractivity contribution in [1.29, 1.82) is 0 Å². The first-order valence-corrected chi connectivity index (χ1v) is 7.92. The highest BCUT2D eigenvalue weighted by Crippen LogP contribution is 2.23. The van der Waals surface area contributed by atoms with Crippen LogP contribution in [0.15, 0.2) is 48.8 Å². The third kappa shape index (κ3) is 4.57. The van der Waals surface area contributed by atoms with Crippen molar-refractivity contribution in [3.63, 3.8) is 0 Å². The molecule has 1 aromatic carbocycles. The summed E-state index contributed by atoms with van der Waals surface area (Å²) in [7, 11) is 0. The third-order valence-corrected chi connectivity index (χ3v) is 4.00. The highest BCUT2D eigenvalue weighted by molar-refractivity contribution is 6.30. The zero-order chi connectivity index (χ0) is 15.9. The van der Waals surface area contributed by atoms with Crippen LogP contribution in [0.2, 0.25) is 5.02 Å². The van der Waals surface area contributed by atoms with E-state index in [9.17, 15) is 4.79 Å². The molecule has 1 aromatic heterocycles. The molecule has 0 bridgehead atoms. The van der Waals surface area contributed by atoms with Gasteiger partial charge in [-0.1, -0.05) is 36.7 Å². The lowest BCUT2D eigenvalue weighted by Gasteiger charge is -2.20. The number of hydrogen-bond donors (Lipinski definition) is 1. The van der Waals surface area contributed by atoms with Gasteiger partial charge in [-0.3, -0.25) is 9.78 Å². The minimum Gasteiger partial charge on any atom is -0.353 e. The van der Waals surface area contributed by atoms with Crippen molar-refractivity contribution in [2.75, 3.05) is 0 Å². The molecule has 2 aromatic rings. The van der Waals surface area contributed by atoms with Gasteiger partial charge in [-0.15, -0.1) is 0 Å². The molecule has 0 saturated carbocycles. The minimum absolute atomic E-state index is 0.0422. The molecule has 2 unspecified atom stereocenters. The Morgan fingerprint density at radius 1 is 1.27 bits per heavy atom. The lowest BCUT2D eigenvalue weighted by molar-refractivity contribution is -0.123. The van der Waals surface area contributed by atoms with E-state index in [1.54, 1.807) is 12.4 Å². The molecule has 0 aliphatic carbocycles. The number of nitrogens with one attached hydrogen (secondary N) is 1. The molecule has 0 saturated heterocycles. The largest absolute Gasteiger partial charge is 0.353 e. The van der Waals surface area contributed by atoms with Gasteiger partial charge in [0.15, 0.2) is 0 Å². The van der Waals surface area contributed by atoms with Gasteiger partial charge in [0.1, 0.15) is 0 Å². The van der Waals surface area contributed by atoms with E-state index in [-0.39, 0.29) is 17.9 Å². The second-order valence-electron chi connectivity index (χ2n) is 5.49. The van der Waals surface area contributed by atoms with Crippen LogP contribution in [-0.2, 0) is 11.2 Å². The summed E-state index contributed by atoms with van der Waals surface area (Å²) >= 11 is 5.95. The van der Waals surface area contributed by atoms with Crippen LogP contribution < -0.4 is 5.32 Å². The van der Waals surface area contributed by atoms with Crippen LogP contribution in [0.1, 0.15) is 37.3 Å². The van der Waals surface area contributed by atoms with E-state index in [0.29, 0.717) is 11.4 Å². The lowest BCUT2D eigenvalue weighted by atomic mass is 9.91. The van der Waals surface area contributed by atoms with Gasteiger partial charge in [-0.05, 0) is 49.1 Å². The second-order valence-corrected chi connectivity index (χ2v) is 5.92. The van der Waals surface area contributed by atoms with Gasteiger partial charge in [-0.25, -0.2) is 0 Å². The monoisotopic (exact) mass is 316 g/mol. The fraction of sp³-hybridized carbons (Fsp3) is 0.333. The Morgan fingerprint density at radius 2 is 2.00 bits per heavy atom. The first-order chi connectivity index (χ1) is 10.6. The zero-order valence-electron chi connectivity index (χ0n) is 12.9. The molecule has 2 rings (SSSR count). The van der Waals surface area contributed by atoms with Crippen molar-refractivity contribution >= 4 is 17.5 Å². The normalized spacial score (nSPS) is 13.4. The van der Waals surface area contributed by atoms with Gasteiger partial charge in [-0.2, -0.15) is 0 Å². The number of carbonyl (C=O) groups is 1. The van der Waals surface area contributed by atoms with Crippen molar-refractivity contribution < 1.29 is 4.79 Å². The van der Waals surface area contributed by atoms with Gasteiger partial charge in [0.05, 0.1) is 5.92 Å². The number of hydrogen-bond acceptors (Lipinski definition) is 2. The van der Waals surface area contributed by atoms with E-state index in [0.717, 1.165) is 17.5 Å². The Kier molecular flexibility index (Phi) is 5.96. The lowest BCUT2D eigenvalue weighted by Crippen LogP contribution is -2.36. The number of rotatable bonds is 6. The smallest absolute Gasteiger partial charge is 0.228 e. The predicted molar refractivity (Wildman–Crippen MR) is 90.0 cm³/mol. The van der Waals surface area contributed by atoms with Gasteiger partial charge in [0, 0.05) is 23.5 Å². The average Bonchev–Trinajstić information content (AvgIpc) is 2.54. The highest BCUT2D eigenvalue weighted by Gasteiger charge is 2.22. The molecule has 2 atom stereocenters. The first kappa shape index (κ1) is 16.5. The van der Waals surface area contributed by atoms with Crippen molar-refractivity contribution in [3.05, 3.63) is 64.9 Å². The average molecular weight is 317 g/mol. The van der Waals surface area contributed by atoms with Crippen LogP contribution >= 0.6 is 11.6 Å². The fourth-order valence-electron chi connectivity index (χ4n) is 2.26. The van der Waals surface area contributed by atoms with E-state index in [2.05, 4.69) is 17.2 Å². The Labute approximate surface area is 136 Å². The SMILES string of the molecule is CCC(C)NC(=O)C(Cc1cccnc1)c1ccc(Cl)cc1. The second kappa shape index (κ2) is 7.95. The van der Waals surface area contributed by atoms with E-state index in [4.69, 9.17) is 11.6 Å². The molecule has 0 fully saturated rings. The number of carbonyl (C=O) groups excluding carboxylic acids is 1. The molecule has 0 spiro atoms. The number of pyridine rings is 1. The van der Waals surface area contributed by atoms with Crippen molar-refractivity contribution in [2.24, 2.45) is 0 Å². The summed E-state index contributed by atoms with van der Waals surface area (Å²) in [5, 5.41) is 3.74.